The van der Waals surface area contributed by atoms with Crippen LogP contribution in [0.5, 0.6) is 0 Å². The SMILES string of the molecule is CC(C)N(C(C)C)P(OCCC#N)OC1CCSSC1(c1ccccc1)c1ccccc1. The van der Waals surface area contributed by atoms with Crippen LogP contribution >= 0.6 is 30.1 Å². The molecule has 0 radical (unpaired) electrons. The number of hydrogen-bond acceptors (Lipinski definition) is 6. The van der Waals surface area contributed by atoms with Gasteiger partial charge in [0.15, 0.2) is 0 Å². The third-order valence-corrected chi connectivity index (χ3v) is 10.7. The summed E-state index contributed by atoms with van der Waals surface area (Å²) in [4.78, 5) is 0. The number of nitrogens with zero attached hydrogens (tertiary/aromatic N) is 2. The van der Waals surface area contributed by atoms with E-state index < -0.39 is 8.53 Å². The molecule has 2 aromatic rings. The molecule has 32 heavy (non-hydrogen) atoms. The third-order valence-electron chi connectivity index (χ3n) is 5.39. The van der Waals surface area contributed by atoms with E-state index in [-0.39, 0.29) is 22.9 Å². The molecule has 0 spiro atoms. The first kappa shape index (κ1) is 25.6. The van der Waals surface area contributed by atoms with Crippen LogP contribution in [-0.2, 0) is 13.8 Å². The van der Waals surface area contributed by atoms with Gasteiger partial charge in [0.25, 0.3) is 8.53 Å². The molecule has 7 heteroatoms. The van der Waals surface area contributed by atoms with Gasteiger partial charge in [-0.15, -0.1) is 0 Å². The molecule has 1 fully saturated rings. The predicted molar refractivity (Wildman–Crippen MR) is 138 cm³/mol. The number of benzene rings is 2. The molecule has 2 aromatic carbocycles. The monoisotopic (exact) mass is 488 g/mol. The summed E-state index contributed by atoms with van der Waals surface area (Å²) < 4.78 is 15.2. The molecular formula is C25H33N2O2PS2. The second-order valence-corrected chi connectivity index (χ2v) is 12.4. The van der Waals surface area contributed by atoms with Gasteiger partial charge in [-0.05, 0) is 45.2 Å². The molecule has 0 bridgehead atoms. The minimum Gasteiger partial charge on any atom is -0.321 e. The fourth-order valence-corrected chi connectivity index (χ4v) is 9.25. The number of nitriles is 1. The van der Waals surface area contributed by atoms with Crippen LogP contribution in [0.25, 0.3) is 0 Å². The maximum absolute atomic E-state index is 9.05. The van der Waals surface area contributed by atoms with E-state index in [1.165, 1.54) is 11.1 Å². The maximum Gasteiger partial charge on any atom is 0.259 e. The van der Waals surface area contributed by atoms with Gasteiger partial charge in [0.2, 0.25) is 0 Å². The van der Waals surface area contributed by atoms with Crippen molar-refractivity contribution in [2.75, 3.05) is 12.4 Å². The smallest absolute Gasteiger partial charge is 0.259 e. The van der Waals surface area contributed by atoms with Gasteiger partial charge in [-0.3, -0.25) is 0 Å². The third kappa shape index (κ3) is 5.89. The highest BCUT2D eigenvalue weighted by molar-refractivity contribution is 8.77. The van der Waals surface area contributed by atoms with Crippen molar-refractivity contribution in [2.24, 2.45) is 0 Å². The van der Waals surface area contributed by atoms with Gasteiger partial charge in [-0.2, -0.15) is 5.26 Å². The summed E-state index contributed by atoms with van der Waals surface area (Å²) in [5, 5.41) is 9.05. The Balaban J connectivity index is 2.03. The molecule has 2 atom stereocenters. The van der Waals surface area contributed by atoms with E-state index in [0.717, 1.165) is 12.2 Å². The second kappa shape index (κ2) is 12.4. The number of hydrogen-bond donors (Lipinski definition) is 0. The van der Waals surface area contributed by atoms with Crippen molar-refractivity contribution in [2.45, 2.75) is 63.5 Å². The topological polar surface area (TPSA) is 45.5 Å². The Morgan fingerprint density at radius 3 is 2.09 bits per heavy atom. The quantitative estimate of drug-likeness (QED) is 0.198. The zero-order valence-electron chi connectivity index (χ0n) is 19.3. The van der Waals surface area contributed by atoms with E-state index in [0.29, 0.717) is 13.0 Å². The van der Waals surface area contributed by atoms with E-state index in [1.807, 2.05) is 21.6 Å². The summed E-state index contributed by atoms with van der Waals surface area (Å²) >= 11 is 0. The average Bonchev–Trinajstić information content (AvgIpc) is 2.80. The van der Waals surface area contributed by atoms with Crippen molar-refractivity contribution in [3.05, 3.63) is 71.8 Å². The van der Waals surface area contributed by atoms with Crippen LogP contribution in [0.1, 0.15) is 51.7 Å². The number of rotatable bonds is 10. The van der Waals surface area contributed by atoms with Gasteiger partial charge in [-0.25, -0.2) is 4.67 Å². The van der Waals surface area contributed by atoms with E-state index in [9.17, 15) is 0 Å². The van der Waals surface area contributed by atoms with Crippen LogP contribution in [0.15, 0.2) is 60.7 Å². The highest BCUT2D eigenvalue weighted by atomic mass is 33.1. The lowest BCUT2D eigenvalue weighted by atomic mass is 9.84. The minimum absolute atomic E-state index is 0.0493. The lowest BCUT2D eigenvalue weighted by molar-refractivity contribution is 0.112. The van der Waals surface area contributed by atoms with E-state index in [1.54, 1.807) is 0 Å². The second-order valence-electron chi connectivity index (χ2n) is 8.30. The van der Waals surface area contributed by atoms with E-state index in [4.69, 9.17) is 14.3 Å². The molecule has 172 valence electrons. The maximum atomic E-state index is 9.05. The van der Waals surface area contributed by atoms with Crippen LogP contribution in [0.4, 0.5) is 0 Å². The molecule has 0 aromatic heterocycles. The first-order valence-electron chi connectivity index (χ1n) is 11.2. The first-order valence-corrected chi connectivity index (χ1v) is 14.6. The van der Waals surface area contributed by atoms with Gasteiger partial charge < -0.3 is 9.05 Å². The summed E-state index contributed by atoms with van der Waals surface area (Å²) in [6.07, 6.45) is 1.25. The molecule has 4 nitrogen and oxygen atoms in total. The molecule has 2 unspecified atom stereocenters. The van der Waals surface area contributed by atoms with Gasteiger partial charge in [0.1, 0.15) is 4.75 Å². The van der Waals surface area contributed by atoms with Crippen LogP contribution in [0.3, 0.4) is 0 Å². The Labute approximate surface area is 202 Å². The molecule has 1 aliphatic rings. The molecule has 1 heterocycles. The molecule has 1 saturated heterocycles. The Kier molecular flexibility index (Phi) is 9.92. The van der Waals surface area contributed by atoms with Crippen LogP contribution in [-0.4, -0.2) is 35.2 Å². The van der Waals surface area contributed by atoms with Crippen LogP contribution < -0.4 is 0 Å². The van der Waals surface area contributed by atoms with Gasteiger partial charge in [-0.1, -0.05) is 82.3 Å². The molecule has 3 rings (SSSR count). The minimum atomic E-state index is -1.32. The van der Waals surface area contributed by atoms with Gasteiger partial charge in [0.05, 0.1) is 25.2 Å². The lowest BCUT2D eigenvalue weighted by Gasteiger charge is -2.46. The van der Waals surface area contributed by atoms with Crippen molar-refractivity contribution < 1.29 is 9.05 Å². The van der Waals surface area contributed by atoms with Crippen molar-refractivity contribution >= 4 is 30.1 Å². The zero-order chi connectivity index (χ0) is 23.0. The standard InChI is InChI=1S/C25H33N2O2PS2/c1-20(2)27(21(3)4)30(28-18-11-17-26)29-24-16-19-31-32-25(24,22-12-7-5-8-13-22)23-14-9-6-10-15-23/h5-10,12-15,20-21,24H,11,16,18-19H2,1-4H3. The van der Waals surface area contributed by atoms with Gasteiger partial charge in [0, 0.05) is 17.8 Å². The Bertz CT molecular complexity index is 814. The Morgan fingerprint density at radius 2 is 1.59 bits per heavy atom. The Morgan fingerprint density at radius 1 is 1.03 bits per heavy atom. The zero-order valence-corrected chi connectivity index (χ0v) is 21.8. The van der Waals surface area contributed by atoms with E-state index >= 15 is 0 Å². The van der Waals surface area contributed by atoms with Crippen molar-refractivity contribution in [3.8, 4) is 6.07 Å². The highest BCUT2D eigenvalue weighted by Gasteiger charge is 2.48. The first-order chi connectivity index (χ1) is 15.5. The van der Waals surface area contributed by atoms with E-state index in [2.05, 4.69) is 99.1 Å². The lowest BCUT2D eigenvalue weighted by Crippen LogP contribution is -2.43. The fraction of sp³-hybridized carbons (Fsp3) is 0.480. The highest BCUT2D eigenvalue weighted by Crippen LogP contribution is 2.60. The molecule has 1 aliphatic heterocycles. The summed E-state index contributed by atoms with van der Waals surface area (Å²) in [5.41, 5.74) is 2.50. The summed E-state index contributed by atoms with van der Waals surface area (Å²) in [7, 11) is 2.49. The molecule has 0 aliphatic carbocycles. The molecule has 0 N–H and O–H groups in total. The Hall–Kier alpha value is -1.06. The molecule has 0 amide bonds. The van der Waals surface area contributed by atoms with Crippen molar-refractivity contribution in [3.63, 3.8) is 0 Å². The fourth-order valence-electron chi connectivity index (χ4n) is 4.08. The molecular weight excluding hydrogens is 455 g/mol. The average molecular weight is 489 g/mol. The van der Waals surface area contributed by atoms with Crippen LogP contribution in [0, 0.1) is 11.3 Å². The summed E-state index contributed by atoms with van der Waals surface area (Å²) in [6.45, 7) is 9.11. The normalized spacial score (nSPS) is 19.2. The summed E-state index contributed by atoms with van der Waals surface area (Å²) in [5.74, 6) is 1.03. The largest absolute Gasteiger partial charge is 0.321 e. The molecule has 0 saturated carbocycles. The van der Waals surface area contributed by atoms with Gasteiger partial charge >= 0.3 is 0 Å². The summed E-state index contributed by atoms with van der Waals surface area (Å²) in [6, 6.07) is 24.2. The van der Waals surface area contributed by atoms with Crippen molar-refractivity contribution in [1.29, 1.82) is 5.26 Å². The van der Waals surface area contributed by atoms with Crippen LogP contribution in [0.2, 0.25) is 0 Å². The van der Waals surface area contributed by atoms with Crippen molar-refractivity contribution in [1.82, 2.24) is 4.67 Å². The predicted octanol–water partition coefficient (Wildman–Crippen LogP) is 7.38.